The van der Waals surface area contributed by atoms with Crippen LogP contribution in [0.25, 0.3) is 43.5 Å². The number of pyridine rings is 4. The molecule has 28 heteroatoms. The maximum absolute atomic E-state index is 13.7. The predicted molar refractivity (Wildman–Crippen MR) is 397 cm³/mol. The molecule has 3 aliphatic heterocycles. The van der Waals surface area contributed by atoms with E-state index in [2.05, 4.69) is 4.98 Å². The van der Waals surface area contributed by atoms with E-state index in [1.165, 1.54) is 49.6 Å². The Morgan fingerprint density at radius 1 is 0.427 bits per heavy atom. The van der Waals surface area contributed by atoms with Crippen LogP contribution >= 0.6 is 22.7 Å². The summed E-state index contributed by atoms with van der Waals surface area (Å²) in [7, 11) is 1.53. The molecule has 520 valence electrons. The quantitative estimate of drug-likeness (QED) is 0.0555. The molecule has 3 amide bonds. The number of piperazine rings is 3. The Balaban J connectivity index is 0.000000139. The number of hydrogen-bond donors (Lipinski definition) is 0. The van der Waals surface area contributed by atoms with Crippen molar-refractivity contribution in [2.24, 2.45) is 7.05 Å². The van der Waals surface area contributed by atoms with E-state index in [-0.39, 0.29) is 42.3 Å². The highest BCUT2D eigenvalue weighted by molar-refractivity contribution is 7.12. The zero-order valence-electron chi connectivity index (χ0n) is 55.5. The Morgan fingerprint density at radius 3 is 1.32 bits per heavy atom. The molecule has 3 aliphatic rings. The number of amides is 3. The van der Waals surface area contributed by atoms with E-state index in [9.17, 15) is 63.9 Å². The normalized spacial score (nSPS) is 13.9. The molecule has 0 saturated carbocycles. The van der Waals surface area contributed by atoms with Gasteiger partial charge in [0.1, 0.15) is 17.1 Å². The number of aromatic nitrogens is 4. The van der Waals surface area contributed by atoms with Crippen LogP contribution in [-0.2, 0) is 20.1 Å². The van der Waals surface area contributed by atoms with Crippen molar-refractivity contribution in [3.8, 4) is 0 Å². The molecule has 3 saturated heterocycles. The third-order valence-corrected chi connectivity index (χ3v) is 20.3. The van der Waals surface area contributed by atoms with Crippen molar-refractivity contribution in [3.05, 3.63) is 293 Å². The molecule has 3 fully saturated rings. The summed E-state index contributed by atoms with van der Waals surface area (Å²) in [6.45, 7) is 4.55. The molecule has 0 spiro atoms. The molecular formula is C75H65N13O13S2. The minimum absolute atomic E-state index is 0.0372. The van der Waals surface area contributed by atoms with Gasteiger partial charge in [0, 0.05) is 120 Å². The number of nitrogens with zero attached hydrogens (tertiary/aromatic N) is 13. The Morgan fingerprint density at radius 2 is 0.845 bits per heavy atom. The van der Waals surface area contributed by atoms with Crippen molar-refractivity contribution < 1.29 is 33.9 Å². The first-order valence-corrected chi connectivity index (χ1v) is 34.7. The largest absolute Gasteiger partial charge is 0.362 e. The second-order valence-electron chi connectivity index (χ2n) is 24.6. The molecule has 0 radical (unpaired) electrons. The van der Waals surface area contributed by atoms with Crippen LogP contribution in [0.2, 0.25) is 0 Å². The molecule has 6 aromatic heterocycles. The van der Waals surface area contributed by atoms with Gasteiger partial charge in [-0.2, -0.15) is 0 Å². The van der Waals surface area contributed by atoms with Gasteiger partial charge < -0.3 is 34.0 Å². The summed E-state index contributed by atoms with van der Waals surface area (Å²) in [6, 6.07) is 54.5. The van der Waals surface area contributed by atoms with Gasteiger partial charge >= 0.3 is 33.7 Å². The number of aryl methyl sites for hydroxylation is 1. The number of carbonyl (C=O) groups excluding carboxylic acids is 4. The number of nitro groups is 3. The summed E-state index contributed by atoms with van der Waals surface area (Å²) in [5.74, 6) is -0.546. The summed E-state index contributed by atoms with van der Waals surface area (Å²) in [4.78, 5) is 141. The third kappa shape index (κ3) is 14.1. The topological polar surface area (TPSA) is 296 Å². The molecule has 0 atom stereocenters. The number of Topliss-reactive ketones (excluding diaryl/α,β-unsaturated/α-hetero) is 1. The van der Waals surface area contributed by atoms with E-state index in [4.69, 9.17) is 0 Å². The highest BCUT2D eigenvalue weighted by atomic mass is 32.1. The van der Waals surface area contributed by atoms with Crippen LogP contribution in [-0.4, -0.2) is 150 Å². The fourth-order valence-corrected chi connectivity index (χ4v) is 14.9. The molecule has 0 N–H and O–H groups in total. The van der Waals surface area contributed by atoms with Crippen molar-refractivity contribution in [1.29, 1.82) is 0 Å². The van der Waals surface area contributed by atoms with Crippen molar-refractivity contribution in [2.75, 3.05) is 93.2 Å². The number of fused-ring (bicyclic) bond motifs is 4. The lowest BCUT2D eigenvalue weighted by Gasteiger charge is -2.36. The van der Waals surface area contributed by atoms with Gasteiger partial charge in [0.25, 0.3) is 17.7 Å². The molecule has 103 heavy (non-hydrogen) atoms. The van der Waals surface area contributed by atoms with Crippen molar-refractivity contribution in [2.45, 2.75) is 13.1 Å². The monoisotopic (exact) mass is 1420 g/mol. The van der Waals surface area contributed by atoms with Gasteiger partial charge in [-0.25, -0.2) is 0 Å². The van der Waals surface area contributed by atoms with Gasteiger partial charge in [-0.1, -0.05) is 133 Å². The highest BCUT2D eigenvalue weighted by Gasteiger charge is 2.36. The van der Waals surface area contributed by atoms with Crippen LogP contribution in [0.1, 0.15) is 45.6 Å². The van der Waals surface area contributed by atoms with Crippen molar-refractivity contribution in [3.63, 3.8) is 0 Å². The van der Waals surface area contributed by atoms with E-state index in [1.54, 1.807) is 129 Å². The van der Waals surface area contributed by atoms with Crippen LogP contribution in [0.15, 0.2) is 220 Å². The fraction of sp³-hybridized carbons (Fsp3) is 0.200. The Labute approximate surface area is 594 Å². The lowest BCUT2D eigenvalue weighted by atomic mass is 10.1. The van der Waals surface area contributed by atoms with Crippen molar-refractivity contribution in [1.82, 2.24) is 33.4 Å². The zero-order chi connectivity index (χ0) is 72.0. The smallest absolute Gasteiger partial charge is 0.357 e. The van der Waals surface area contributed by atoms with Crippen LogP contribution in [0.5, 0.6) is 0 Å². The number of hydrogen-bond acceptors (Lipinski definition) is 19. The van der Waals surface area contributed by atoms with Crippen LogP contribution in [0.3, 0.4) is 0 Å². The molecule has 12 aromatic rings. The Bertz CT molecular complexity index is 5460. The van der Waals surface area contributed by atoms with E-state index in [1.807, 2.05) is 99.4 Å². The lowest BCUT2D eigenvalue weighted by Crippen LogP contribution is -2.49. The zero-order valence-corrected chi connectivity index (χ0v) is 57.1. The summed E-state index contributed by atoms with van der Waals surface area (Å²) in [5.41, 5.74) is 0.897. The Kier molecular flexibility index (Phi) is 20.2. The number of ketones is 1. The van der Waals surface area contributed by atoms with E-state index in [0.29, 0.717) is 144 Å². The van der Waals surface area contributed by atoms with Gasteiger partial charge in [-0.3, -0.25) is 78.0 Å². The molecule has 15 rings (SSSR count). The van der Waals surface area contributed by atoms with Crippen LogP contribution in [0.4, 0.5) is 34.1 Å². The van der Waals surface area contributed by atoms with Crippen LogP contribution < -0.4 is 31.4 Å². The second-order valence-corrected chi connectivity index (χ2v) is 26.5. The SMILES string of the molecule is Cn1c(=O)c([N+](=O)[O-])c(N2CCN(C(=O)c3cccnc3)CC2)c2ccccc21.O=C(Cn1c(=O)c([N+](=O)[O-])c(N2CCN(C(=O)c3cccs3)CC2)c2ccccc21)c1ccccc1.O=C(c1cccs1)N1CCN(c2c([N+](=O)[O-])c(=O)n(Cc3ccc4ccccc4c3)c3ccccc23)CC1. The van der Waals surface area contributed by atoms with E-state index < -0.39 is 48.5 Å². The number of anilines is 3. The standard InChI is InChI=1S/C29H24N4O4S.C26H22N4O5S.C20H19N5O4/c34-28(25-10-5-17-38-25)31-15-13-30(14-16-31)26-23-8-3-4-9-24(23)32(29(35)27(26)33(36)37)19-20-11-12-21-6-1-2-7-22(21)18-20;31-21(18-7-2-1-3-8-18)17-29-20-10-5-4-9-19(20)23(24(26(29)33)30(34)35)27-12-14-28(15-13-27)25(32)22-11-6-16-36-22;1-22-16-7-3-2-6-15(16)17(18(20(22)27)25(28)29)23-9-11-24(12-10-23)19(26)14-5-4-8-21-13-14/h1-12,17-18H,13-16,19H2;1-11,16H,12-15,17H2;2-8,13H,9-12H2,1H3. The molecule has 26 nitrogen and oxygen atoms in total. The number of rotatable bonds is 14. The van der Waals surface area contributed by atoms with Gasteiger partial charge in [0.05, 0.1) is 59.7 Å². The first-order chi connectivity index (χ1) is 49.9. The molecular weight excluding hydrogens is 1360 g/mol. The average Bonchev–Trinajstić information content (AvgIpc) is 0.791. The fourth-order valence-electron chi connectivity index (χ4n) is 13.5. The first-order valence-electron chi connectivity index (χ1n) is 33.0. The summed E-state index contributed by atoms with van der Waals surface area (Å²) in [6.07, 6.45) is 3.13. The maximum atomic E-state index is 13.7. The van der Waals surface area contributed by atoms with Crippen LogP contribution in [0, 0.1) is 30.3 Å². The molecule has 9 heterocycles. The van der Waals surface area contributed by atoms with Crippen molar-refractivity contribution >= 4 is 124 Å². The van der Waals surface area contributed by atoms with Gasteiger partial charge in [0.2, 0.25) is 0 Å². The minimum Gasteiger partial charge on any atom is -0.362 e. The second kappa shape index (κ2) is 30.1. The predicted octanol–water partition coefficient (Wildman–Crippen LogP) is 10.8. The third-order valence-electron chi connectivity index (χ3n) is 18.6. The summed E-state index contributed by atoms with van der Waals surface area (Å²) < 4.78 is 3.99. The first kappa shape index (κ1) is 68.9. The maximum Gasteiger partial charge on any atom is 0.357 e. The van der Waals surface area contributed by atoms with Gasteiger partial charge in [-0.05, 0) is 75.6 Å². The summed E-state index contributed by atoms with van der Waals surface area (Å²) >= 11 is 2.77. The number of thiophene rings is 2. The number of para-hydroxylation sites is 3. The number of benzene rings is 6. The molecule has 0 aliphatic carbocycles. The van der Waals surface area contributed by atoms with E-state index >= 15 is 0 Å². The lowest BCUT2D eigenvalue weighted by molar-refractivity contribution is -0.385. The van der Waals surface area contributed by atoms with Gasteiger partial charge in [0.15, 0.2) is 5.78 Å². The van der Waals surface area contributed by atoms with E-state index in [0.717, 1.165) is 16.3 Å². The highest BCUT2D eigenvalue weighted by Crippen LogP contribution is 2.38. The molecule has 6 aromatic carbocycles. The molecule has 0 unspecified atom stereocenters. The molecule has 0 bridgehead atoms. The number of carbonyl (C=O) groups is 4. The summed E-state index contributed by atoms with van der Waals surface area (Å²) in [5, 5.41) is 43.9. The Hall–Kier alpha value is -12.6. The van der Waals surface area contributed by atoms with Gasteiger partial charge in [-0.15, -0.1) is 22.7 Å². The average molecular weight is 1420 g/mol. The minimum atomic E-state index is -0.824.